The molecule has 3 aliphatic rings. The van der Waals surface area contributed by atoms with Gasteiger partial charge in [0.2, 0.25) is 11.8 Å². The van der Waals surface area contributed by atoms with E-state index in [9.17, 15) is 9.59 Å². The Morgan fingerprint density at radius 1 is 1.11 bits per heavy atom. The van der Waals surface area contributed by atoms with Crippen LogP contribution in [0.5, 0.6) is 11.5 Å². The van der Waals surface area contributed by atoms with Crippen LogP contribution in [0.4, 0.5) is 0 Å². The van der Waals surface area contributed by atoms with Crippen molar-refractivity contribution in [2.45, 2.75) is 50.6 Å². The smallest absolute Gasteiger partial charge is 0.242 e. The van der Waals surface area contributed by atoms with Crippen molar-refractivity contribution >= 4 is 11.8 Å². The summed E-state index contributed by atoms with van der Waals surface area (Å²) < 4.78 is 11.5. The molecule has 7 heteroatoms. The van der Waals surface area contributed by atoms with Crippen molar-refractivity contribution in [1.29, 1.82) is 0 Å². The van der Waals surface area contributed by atoms with Gasteiger partial charge in [-0.25, -0.2) is 0 Å². The van der Waals surface area contributed by atoms with Gasteiger partial charge in [0, 0.05) is 19.0 Å². The van der Waals surface area contributed by atoms with Crippen LogP contribution in [0.1, 0.15) is 50.1 Å². The largest absolute Gasteiger partial charge is 0.490 e. The minimum absolute atomic E-state index is 0.0632. The molecule has 3 aliphatic heterocycles. The predicted octanol–water partition coefficient (Wildman–Crippen LogP) is 1.77. The molecule has 28 heavy (non-hydrogen) atoms. The fourth-order valence-corrected chi connectivity index (χ4v) is 4.28. The van der Waals surface area contributed by atoms with Gasteiger partial charge in [-0.15, -0.1) is 0 Å². The second kappa shape index (κ2) is 8.82. The van der Waals surface area contributed by atoms with Crippen LogP contribution in [-0.4, -0.2) is 55.6 Å². The lowest BCUT2D eigenvalue weighted by Gasteiger charge is -2.26. The van der Waals surface area contributed by atoms with E-state index in [1.54, 1.807) is 0 Å². The topological polar surface area (TPSA) is 79.9 Å². The SMILES string of the molecule is O=C(CN1CCC[C@@H]1c1ccc2c(c1)OCCCO2)N[C@@H]1CCCCNC1=O. The summed E-state index contributed by atoms with van der Waals surface area (Å²) in [4.78, 5) is 26.9. The van der Waals surface area contributed by atoms with Crippen molar-refractivity contribution in [2.24, 2.45) is 0 Å². The Balaban J connectivity index is 1.40. The highest BCUT2D eigenvalue weighted by Crippen LogP contribution is 2.37. The van der Waals surface area contributed by atoms with Crippen LogP contribution in [0.3, 0.4) is 0 Å². The Morgan fingerprint density at radius 2 is 1.96 bits per heavy atom. The van der Waals surface area contributed by atoms with Gasteiger partial charge in [0.25, 0.3) is 0 Å². The molecule has 0 aliphatic carbocycles. The molecule has 0 unspecified atom stereocenters. The van der Waals surface area contributed by atoms with Gasteiger partial charge in [0.15, 0.2) is 11.5 Å². The van der Waals surface area contributed by atoms with E-state index >= 15 is 0 Å². The van der Waals surface area contributed by atoms with Crippen molar-refractivity contribution in [3.63, 3.8) is 0 Å². The molecule has 2 amide bonds. The van der Waals surface area contributed by atoms with Gasteiger partial charge in [-0.05, 0) is 56.3 Å². The molecule has 7 nitrogen and oxygen atoms in total. The molecule has 0 bridgehead atoms. The first-order chi connectivity index (χ1) is 13.7. The zero-order valence-electron chi connectivity index (χ0n) is 16.2. The van der Waals surface area contributed by atoms with Crippen LogP contribution in [0.25, 0.3) is 0 Å². The van der Waals surface area contributed by atoms with Crippen molar-refractivity contribution in [1.82, 2.24) is 15.5 Å². The van der Waals surface area contributed by atoms with Crippen LogP contribution >= 0.6 is 0 Å². The average molecular weight is 387 g/mol. The molecule has 2 atom stereocenters. The van der Waals surface area contributed by atoms with Gasteiger partial charge in [0.05, 0.1) is 19.8 Å². The van der Waals surface area contributed by atoms with E-state index in [4.69, 9.17) is 9.47 Å². The maximum absolute atomic E-state index is 12.6. The number of hydrogen-bond acceptors (Lipinski definition) is 5. The Morgan fingerprint density at radius 3 is 2.86 bits per heavy atom. The highest BCUT2D eigenvalue weighted by molar-refractivity contribution is 5.88. The van der Waals surface area contributed by atoms with Crippen molar-refractivity contribution in [2.75, 3.05) is 32.8 Å². The molecule has 0 saturated carbocycles. The molecule has 4 rings (SSSR count). The predicted molar refractivity (Wildman–Crippen MR) is 104 cm³/mol. The van der Waals surface area contributed by atoms with Crippen LogP contribution in [-0.2, 0) is 9.59 Å². The summed E-state index contributed by atoms with van der Waals surface area (Å²) in [6.45, 7) is 3.23. The normalized spacial score (nSPS) is 25.5. The number of nitrogens with one attached hydrogen (secondary N) is 2. The molecule has 1 aromatic carbocycles. The highest BCUT2D eigenvalue weighted by Gasteiger charge is 2.30. The fourth-order valence-electron chi connectivity index (χ4n) is 4.28. The molecule has 2 N–H and O–H groups in total. The summed E-state index contributed by atoms with van der Waals surface area (Å²) >= 11 is 0. The van der Waals surface area contributed by atoms with Gasteiger partial charge < -0.3 is 20.1 Å². The third kappa shape index (κ3) is 4.41. The number of likely N-dealkylation sites (tertiary alicyclic amines) is 1. The third-order valence-corrected chi connectivity index (χ3v) is 5.74. The quantitative estimate of drug-likeness (QED) is 0.823. The van der Waals surface area contributed by atoms with E-state index in [1.807, 2.05) is 6.07 Å². The fraction of sp³-hybridized carbons (Fsp3) is 0.619. The molecule has 0 spiro atoms. The number of hydrogen-bond donors (Lipinski definition) is 2. The first kappa shape index (κ1) is 19.1. The zero-order chi connectivity index (χ0) is 19.3. The molecule has 3 heterocycles. The lowest BCUT2D eigenvalue weighted by molar-refractivity contribution is -0.129. The van der Waals surface area contributed by atoms with Gasteiger partial charge >= 0.3 is 0 Å². The molecular formula is C21H29N3O4. The summed E-state index contributed by atoms with van der Waals surface area (Å²) in [5.74, 6) is 1.44. The Bertz CT molecular complexity index is 724. The van der Waals surface area contributed by atoms with Crippen molar-refractivity contribution < 1.29 is 19.1 Å². The number of carbonyl (C=O) groups excluding carboxylic acids is 2. The second-order valence-electron chi connectivity index (χ2n) is 7.79. The van der Waals surface area contributed by atoms with Gasteiger partial charge in [-0.1, -0.05) is 6.07 Å². The average Bonchev–Trinajstić information content (AvgIpc) is 2.88. The van der Waals surface area contributed by atoms with Crippen molar-refractivity contribution in [3.8, 4) is 11.5 Å². The summed E-state index contributed by atoms with van der Waals surface area (Å²) in [6, 6.07) is 5.88. The van der Waals surface area contributed by atoms with Gasteiger partial charge in [0.1, 0.15) is 6.04 Å². The first-order valence-electron chi connectivity index (χ1n) is 10.4. The summed E-state index contributed by atoms with van der Waals surface area (Å²) in [7, 11) is 0. The Labute approximate surface area is 165 Å². The number of carbonyl (C=O) groups is 2. The van der Waals surface area contributed by atoms with Crippen LogP contribution in [0, 0.1) is 0 Å². The van der Waals surface area contributed by atoms with E-state index < -0.39 is 6.04 Å². The lowest BCUT2D eigenvalue weighted by Crippen LogP contribution is -2.48. The number of rotatable bonds is 4. The van der Waals surface area contributed by atoms with E-state index in [2.05, 4.69) is 27.7 Å². The molecule has 0 radical (unpaired) electrons. The minimum atomic E-state index is -0.408. The first-order valence-corrected chi connectivity index (χ1v) is 10.4. The molecular weight excluding hydrogens is 358 g/mol. The maximum Gasteiger partial charge on any atom is 0.242 e. The Kier molecular flexibility index (Phi) is 6.00. The van der Waals surface area contributed by atoms with Gasteiger partial charge in [-0.2, -0.15) is 0 Å². The summed E-state index contributed by atoms with van der Waals surface area (Å²) in [6.07, 6.45) is 5.58. The second-order valence-corrected chi connectivity index (χ2v) is 7.79. The molecule has 0 aromatic heterocycles. The van der Waals surface area contributed by atoms with E-state index in [0.717, 1.165) is 55.7 Å². The van der Waals surface area contributed by atoms with E-state index in [-0.39, 0.29) is 17.9 Å². The monoisotopic (exact) mass is 387 g/mol. The Hall–Kier alpha value is -2.28. The molecule has 2 fully saturated rings. The number of nitrogens with zero attached hydrogens (tertiary/aromatic N) is 1. The standard InChI is InChI=1S/C21H29N3O4/c25-20(23-16-5-1-2-9-22-21(16)26)14-24-10-3-6-17(24)15-7-8-18-19(13-15)28-12-4-11-27-18/h7-8,13,16-17H,1-6,9-12,14H2,(H,22,26)(H,23,25)/t16-,17-/m1/s1. The van der Waals surface area contributed by atoms with E-state index in [1.165, 1.54) is 0 Å². The lowest BCUT2D eigenvalue weighted by atomic mass is 10.0. The van der Waals surface area contributed by atoms with Crippen molar-refractivity contribution in [3.05, 3.63) is 23.8 Å². The zero-order valence-corrected chi connectivity index (χ0v) is 16.2. The molecule has 2 saturated heterocycles. The van der Waals surface area contributed by atoms with Crippen LogP contribution in [0.2, 0.25) is 0 Å². The number of ether oxygens (including phenoxy) is 2. The summed E-state index contributed by atoms with van der Waals surface area (Å²) in [5.41, 5.74) is 1.15. The van der Waals surface area contributed by atoms with Crippen LogP contribution < -0.4 is 20.1 Å². The third-order valence-electron chi connectivity index (χ3n) is 5.74. The number of amides is 2. The molecule has 1 aromatic rings. The molecule has 152 valence electrons. The maximum atomic E-state index is 12.6. The van der Waals surface area contributed by atoms with E-state index in [0.29, 0.717) is 32.7 Å². The highest BCUT2D eigenvalue weighted by atomic mass is 16.5. The van der Waals surface area contributed by atoms with Crippen LogP contribution in [0.15, 0.2) is 18.2 Å². The number of benzene rings is 1. The van der Waals surface area contributed by atoms with Gasteiger partial charge in [-0.3, -0.25) is 14.5 Å². The summed E-state index contributed by atoms with van der Waals surface area (Å²) in [5, 5.41) is 5.80. The number of fused-ring (bicyclic) bond motifs is 1. The minimum Gasteiger partial charge on any atom is -0.490 e.